The second-order valence-electron chi connectivity index (χ2n) is 7.09. The van der Waals surface area contributed by atoms with Gasteiger partial charge in [0.25, 0.3) is 17.7 Å². The first-order chi connectivity index (χ1) is 16.0. The Labute approximate surface area is 188 Å². The summed E-state index contributed by atoms with van der Waals surface area (Å²) in [6.45, 7) is 1.71. The lowest BCUT2D eigenvalue weighted by atomic mass is 10.1. The molecule has 3 amide bonds. The number of rotatable bonds is 8. The van der Waals surface area contributed by atoms with E-state index in [2.05, 4.69) is 5.32 Å². The van der Waals surface area contributed by atoms with E-state index in [1.165, 1.54) is 24.5 Å². The number of amides is 3. The van der Waals surface area contributed by atoms with E-state index in [1.807, 2.05) is 6.92 Å². The molecular weight excluding hydrogens is 428 g/mol. The number of hydrogen-bond donors (Lipinski definition) is 1. The fourth-order valence-corrected chi connectivity index (χ4v) is 3.37. The summed E-state index contributed by atoms with van der Waals surface area (Å²) in [4.78, 5) is 51.0. The maximum atomic E-state index is 12.7. The van der Waals surface area contributed by atoms with Gasteiger partial charge >= 0.3 is 5.97 Å². The third kappa shape index (κ3) is 4.62. The van der Waals surface area contributed by atoms with Gasteiger partial charge in [0, 0.05) is 0 Å². The third-order valence-electron chi connectivity index (χ3n) is 4.90. The molecule has 0 spiro atoms. The minimum atomic E-state index is -0.796. The zero-order valence-corrected chi connectivity index (χ0v) is 17.7. The smallest absolute Gasteiger partial charge is 0.338 e. The summed E-state index contributed by atoms with van der Waals surface area (Å²) in [5, 5.41) is 2.63. The van der Waals surface area contributed by atoms with Gasteiger partial charge in [0.2, 0.25) is 0 Å². The van der Waals surface area contributed by atoms with Gasteiger partial charge in [-0.25, -0.2) is 4.79 Å². The van der Waals surface area contributed by atoms with Crippen molar-refractivity contribution in [3.8, 4) is 5.75 Å². The predicted octanol–water partition coefficient (Wildman–Crippen LogP) is 3.27. The van der Waals surface area contributed by atoms with Crippen LogP contribution >= 0.6 is 0 Å². The van der Waals surface area contributed by atoms with Crippen molar-refractivity contribution in [2.24, 2.45) is 0 Å². The van der Waals surface area contributed by atoms with Gasteiger partial charge in [0.15, 0.2) is 6.61 Å². The van der Waals surface area contributed by atoms with E-state index in [-0.39, 0.29) is 23.2 Å². The monoisotopic (exact) mass is 448 g/mol. The number of fused-ring (bicyclic) bond motifs is 1. The lowest BCUT2D eigenvalue weighted by molar-refractivity contribution is -0.119. The number of carbonyl (C=O) groups is 4. The number of esters is 1. The molecule has 1 N–H and O–H groups in total. The van der Waals surface area contributed by atoms with Gasteiger partial charge in [0.05, 0.1) is 41.8 Å². The van der Waals surface area contributed by atoms with Crippen molar-refractivity contribution in [1.82, 2.24) is 4.90 Å². The molecule has 9 heteroatoms. The molecule has 0 radical (unpaired) electrons. The van der Waals surface area contributed by atoms with Crippen LogP contribution in [0.2, 0.25) is 0 Å². The highest BCUT2D eigenvalue weighted by molar-refractivity contribution is 6.21. The fraction of sp³-hybridized carbons (Fsp3) is 0.167. The summed E-state index contributed by atoms with van der Waals surface area (Å²) in [6.07, 6.45) is 1.45. The number of nitrogens with one attached hydrogen (secondary N) is 1. The number of anilines is 1. The first kappa shape index (κ1) is 21.8. The van der Waals surface area contributed by atoms with Crippen molar-refractivity contribution < 1.29 is 33.1 Å². The molecule has 168 valence electrons. The molecule has 9 nitrogen and oxygen atoms in total. The maximum absolute atomic E-state index is 12.7. The Morgan fingerprint density at radius 1 is 1.00 bits per heavy atom. The number of carbonyl (C=O) groups excluding carboxylic acids is 4. The average Bonchev–Trinajstić information content (AvgIpc) is 3.42. The van der Waals surface area contributed by atoms with Crippen molar-refractivity contribution in [3.63, 3.8) is 0 Å². The van der Waals surface area contributed by atoms with Crippen LogP contribution in [-0.4, -0.2) is 41.8 Å². The highest BCUT2D eigenvalue weighted by Gasteiger charge is 2.36. The number of nitrogens with zero attached hydrogens (tertiary/aromatic N) is 1. The van der Waals surface area contributed by atoms with Crippen molar-refractivity contribution in [1.29, 1.82) is 0 Å². The molecule has 0 unspecified atom stereocenters. The predicted molar refractivity (Wildman–Crippen MR) is 116 cm³/mol. The summed E-state index contributed by atoms with van der Waals surface area (Å²) in [7, 11) is 0. The molecule has 2 heterocycles. The molecule has 0 bridgehead atoms. The Hall–Kier alpha value is -4.40. The van der Waals surface area contributed by atoms with Crippen LogP contribution in [0.1, 0.15) is 43.8 Å². The first-order valence-electron chi connectivity index (χ1n) is 10.2. The Balaban J connectivity index is 1.39. The molecule has 3 aromatic rings. The van der Waals surface area contributed by atoms with E-state index in [0.29, 0.717) is 23.8 Å². The van der Waals surface area contributed by atoms with Crippen LogP contribution in [0, 0.1) is 0 Å². The molecular formula is C24H20N2O7. The maximum Gasteiger partial charge on any atom is 0.338 e. The van der Waals surface area contributed by atoms with Crippen molar-refractivity contribution in [2.45, 2.75) is 13.5 Å². The zero-order chi connectivity index (χ0) is 23.4. The number of imide groups is 1. The Morgan fingerprint density at radius 3 is 2.55 bits per heavy atom. The number of furan rings is 1. The van der Waals surface area contributed by atoms with Crippen molar-refractivity contribution in [2.75, 3.05) is 18.5 Å². The molecule has 0 fully saturated rings. The van der Waals surface area contributed by atoms with Crippen LogP contribution in [0.5, 0.6) is 5.75 Å². The van der Waals surface area contributed by atoms with Gasteiger partial charge in [-0.05, 0) is 49.4 Å². The minimum Gasteiger partial charge on any atom is -0.492 e. The molecule has 1 aliphatic heterocycles. The van der Waals surface area contributed by atoms with Gasteiger partial charge in [-0.1, -0.05) is 12.1 Å². The lowest BCUT2D eigenvalue weighted by Crippen LogP contribution is -2.28. The van der Waals surface area contributed by atoms with Gasteiger partial charge in [-0.3, -0.25) is 19.3 Å². The van der Waals surface area contributed by atoms with Crippen molar-refractivity contribution >= 4 is 29.4 Å². The van der Waals surface area contributed by atoms with E-state index in [4.69, 9.17) is 13.9 Å². The summed E-state index contributed by atoms with van der Waals surface area (Å²) < 4.78 is 15.7. The number of benzene rings is 2. The second-order valence-corrected chi connectivity index (χ2v) is 7.09. The highest BCUT2D eigenvalue weighted by Crippen LogP contribution is 2.26. The van der Waals surface area contributed by atoms with Crippen LogP contribution < -0.4 is 10.1 Å². The average molecular weight is 448 g/mol. The number of para-hydroxylation sites is 2. The third-order valence-corrected chi connectivity index (χ3v) is 4.90. The van der Waals surface area contributed by atoms with Gasteiger partial charge in [0.1, 0.15) is 11.5 Å². The molecule has 0 aliphatic carbocycles. The topological polar surface area (TPSA) is 115 Å². The standard InChI is InChI=1S/C24H20N2O7/c1-2-31-20-8-4-3-7-19(20)25-21(27)14-33-24(30)15-9-10-17-18(12-15)23(29)26(22(17)28)13-16-6-5-11-32-16/h3-12H,2,13-14H2,1H3,(H,25,27). The van der Waals surface area contributed by atoms with Gasteiger partial charge in [-0.2, -0.15) is 0 Å². The highest BCUT2D eigenvalue weighted by atomic mass is 16.5. The molecule has 2 aromatic carbocycles. The molecule has 1 aromatic heterocycles. The Kier molecular flexibility index (Phi) is 6.21. The lowest BCUT2D eigenvalue weighted by Gasteiger charge is -2.11. The molecule has 0 saturated heterocycles. The molecule has 1 aliphatic rings. The summed E-state index contributed by atoms with van der Waals surface area (Å²) >= 11 is 0. The molecule has 33 heavy (non-hydrogen) atoms. The van der Waals surface area contributed by atoms with E-state index in [1.54, 1.807) is 36.4 Å². The van der Waals surface area contributed by atoms with Gasteiger partial charge in [-0.15, -0.1) is 0 Å². The Morgan fingerprint density at radius 2 is 1.79 bits per heavy atom. The first-order valence-corrected chi connectivity index (χ1v) is 10.2. The molecule has 4 rings (SSSR count). The zero-order valence-electron chi connectivity index (χ0n) is 17.7. The largest absolute Gasteiger partial charge is 0.492 e. The summed E-state index contributed by atoms with van der Waals surface area (Å²) in [5.74, 6) is -1.39. The van der Waals surface area contributed by atoms with E-state index >= 15 is 0 Å². The molecule has 0 atom stereocenters. The van der Waals surface area contributed by atoms with Crippen LogP contribution in [0.25, 0.3) is 0 Å². The van der Waals surface area contributed by atoms with Crippen LogP contribution in [0.3, 0.4) is 0 Å². The quantitative estimate of drug-likeness (QED) is 0.415. The van der Waals surface area contributed by atoms with Crippen LogP contribution in [0.15, 0.2) is 65.3 Å². The van der Waals surface area contributed by atoms with E-state index in [0.717, 1.165) is 4.90 Å². The minimum absolute atomic E-state index is 0.0114. The summed E-state index contributed by atoms with van der Waals surface area (Å²) in [6, 6.07) is 14.3. The van der Waals surface area contributed by atoms with Crippen molar-refractivity contribution in [3.05, 3.63) is 83.3 Å². The molecule has 0 saturated carbocycles. The number of hydrogen-bond acceptors (Lipinski definition) is 7. The van der Waals surface area contributed by atoms with E-state index in [9.17, 15) is 19.2 Å². The normalized spacial score (nSPS) is 12.5. The van der Waals surface area contributed by atoms with Gasteiger partial charge < -0.3 is 19.2 Å². The SMILES string of the molecule is CCOc1ccccc1NC(=O)COC(=O)c1ccc2c(c1)C(=O)N(Cc1ccco1)C2=O. The van der Waals surface area contributed by atoms with Crippen LogP contribution in [0.4, 0.5) is 5.69 Å². The van der Waals surface area contributed by atoms with Crippen LogP contribution in [-0.2, 0) is 16.1 Å². The number of ether oxygens (including phenoxy) is 2. The Bertz CT molecular complexity index is 1220. The fourth-order valence-electron chi connectivity index (χ4n) is 3.37. The summed E-state index contributed by atoms with van der Waals surface area (Å²) in [5.41, 5.74) is 0.792. The second kappa shape index (κ2) is 9.39. The van der Waals surface area contributed by atoms with E-state index < -0.39 is 30.3 Å².